The molecular formula is C19H33IN4O2S. The molecule has 0 saturated heterocycles. The molecule has 1 aliphatic rings. The van der Waals surface area contributed by atoms with Crippen LogP contribution in [0.4, 0.5) is 0 Å². The number of sulfonamides is 1. The molecule has 2 N–H and O–H groups in total. The predicted molar refractivity (Wildman–Crippen MR) is 123 cm³/mol. The van der Waals surface area contributed by atoms with Crippen LogP contribution in [-0.4, -0.2) is 51.7 Å². The zero-order valence-electron chi connectivity index (χ0n) is 16.6. The molecule has 0 spiro atoms. The molecule has 1 aromatic carbocycles. The van der Waals surface area contributed by atoms with Crippen molar-refractivity contribution in [1.82, 2.24) is 14.9 Å². The van der Waals surface area contributed by atoms with E-state index >= 15 is 0 Å². The van der Waals surface area contributed by atoms with E-state index in [4.69, 9.17) is 0 Å². The van der Waals surface area contributed by atoms with Crippen molar-refractivity contribution in [2.24, 2.45) is 10.9 Å². The lowest BCUT2D eigenvalue weighted by molar-refractivity contribution is 0.316. The molecule has 0 bridgehead atoms. The summed E-state index contributed by atoms with van der Waals surface area (Å²) in [5, 5.41) is 3.24. The maximum absolute atomic E-state index is 12.1. The first-order valence-electron chi connectivity index (χ1n) is 9.42. The van der Waals surface area contributed by atoms with Gasteiger partial charge < -0.3 is 10.2 Å². The van der Waals surface area contributed by atoms with Crippen LogP contribution in [0.2, 0.25) is 0 Å². The number of halogens is 1. The molecule has 0 unspecified atom stereocenters. The van der Waals surface area contributed by atoms with Gasteiger partial charge in [0.15, 0.2) is 5.96 Å². The number of guanidine groups is 1. The van der Waals surface area contributed by atoms with Crippen molar-refractivity contribution in [3.8, 4) is 0 Å². The summed E-state index contributed by atoms with van der Waals surface area (Å²) in [5.74, 6) is 1.27. The summed E-state index contributed by atoms with van der Waals surface area (Å²) < 4.78 is 26.9. The van der Waals surface area contributed by atoms with Crippen molar-refractivity contribution >= 4 is 40.0 Å². The molecule has 1 saturated carbocycles. The number of benzene rings is 1. The summed E-state index contributed by atoms with van der Waals surface area (Å²) in [6.45, 7) is 6.39. The summed E-state index contributed by atoms with van der Waals surface area (Å²) in [5.41, 5.74) is 2.47. The van der Waals surface area contributed by atoms with Crippen molar-refractivity contribution in [3.63, 3.8) is 0 Å². The Kier molecular flexibility index (Phi) is 10.6. The fourth-order valence-corrected chi connectivity index (χ4v) is 3.84. The zero-order valence-corrected chi connectivity index (χ0v) is 19.7. The lowest BCUT2D eigenvalue weighted by Gasteiger charge is -2.25. The molecule has 0 heterocycles. The van der Waals surface area contributed by atoms with Crippen LogP contribution in [0.25, 0.3) is 0 Å². The smallest absolute Gasteiger partial charge is 0.213 e. The van der Waals surface area contributed by atoms with E-state index in [1.54, 1.807) is 0 Å². The quantitative estimate of drug-likeness (QED) is 0.306. The second kappa shape index (κ2) is 11.9. The minimum absolute atomic E-state index is 0. The standard InChI is InChI=1S/C19H32N4O2S.HI/c1-4-20-19(23(3)15-18-11-6-5-8-16(18)2)21-12-13-26(24,25)22-14-17-9-7-10-17;/h5-6,8,11,17,22H,4,7,9-10,12-15H2,1-3H3,(H,20,21);1H. The summed E-state index contributed by atoms with van der Waals surface area (Å²) in [6.07, 6.45) is 3.49. The highest BCUT2D eigenvalue weighted by Gasteiger charge is 2.20. The highest BCUT2D eigenvalue weighted by atomic mass is 127. The Labute approximate surface area is 181 Å². The van der Waals surface area contributed by atoms with Gasteiger partial charge in [-0.3, -0.25) is 4.99 Å². The van der Waals surface area contributed by atoms with Crippen molar-refractivity contribution in [2.45, 2.75) is 39.7 Å². The number of nitrogens with one attached hydrogen (secondary N) is 2. The molecule has 1 aromatic rings. The molecule has 0 amide bonds. The molecule has 1 aliphatic carbocycles. The van der Waals surface area contributed by atoms with Crippen LogP contribution >= 0.6 is 24.0 Å². The second-order valence-electron chi connectivity index (χ2n) is 6.98. The van der Waals surface area contributed by atoms with E-state index in [9.17, 15) is 8.42 Å². The third kappa shape index (κ3) is 8.35. The first-order valence-corrected chi connectivity index (χ1v) is 11.1. The number of aliphatic imine (C=N–C) groups is 1. The van der Waals surface area contributed by atoms with E-state index < -0.39 is 10.0 Å². The van der Waals surface area contributed by atoms with Gasteiger partial charge in [0.1, 0.15) is 0 Å². The molecule has 0 radical (unpaired) electrons. The summed E-state index contributed by atoms with van der Waals surface area (Å²) in [7, 11) is -1.29. The van der Waals surface area contributed by atoms with Crippen LogP contribution < -0.4 is 10.0 Å². The normalized spacial score (nSPS) is 15.0. The van der Waals surface area contributed by atoms with Gasteiger partial charge in [0.2, 0.25) is 10.0 Å². The fourth-order valence-electron chi connectivity index (χ4n) is 2.87. The molecule has 8 heteroatoms. The lowest BCUT2D eigenvalue weighted by Crippen LogP contribution is -2.39. The second-order valence-corrected chi connectivity index (χ2v) is 8.91. The van der Waals surface area contributed by atoms with Crippen LogP contribution in [0, 0.1) is 12.8 Å². The number of nitrogens with zero attached hydrogens (tertiary/aromatic N) is 2. The van der Waals surface area contributed by atoms with Gasteiger partial charge in [-0.25, -0.2) is 13.1 Å². The van der Waals surface area contributed by atoms with E-state index in [0.717, 1.165) is 31.9 Å². The van der Waals surface area contributed by atoms with Gasteiger partial charge in [0.05, 0.1) is 12.3 Å². The van der Waals surface area contributed by atoms with Gasteiger partial charge in [0.25, 0.3) is 0 Å². The largest absolute Gasteiger partial charge is 0.357 e. The third-order valence-electron chi connectivity index (χ3n) is 4.80. The van der Waals surface area contributed by atoms with Gasteiger partial charge in [-0.15, -0.1) is 24.0 Å². The number of rotatable bonds is 9. The molecule has 2 rings (SSSR count). The molecule has 154 valence electrons. The Morgan fingerprint density at radius 2 is 2.00 bits per heavy atom. The molecule has 6 nitrogen and oxygen atoms in total. The van der Waals surface area contributed by atoms with E-state index in [-0.39, 0.29) is 36.3 Å². The summed E-state index contributed by atoms with van der Waals surface area (Å²) >= 11 is 0. The average molecular weight is 508 g/mol. The van der Waals surface area contributed by atoms with Crippen LogP contribution in [0.3, 0.4) is 0 Å². The van der Waals surface area contributed by atoms with Gasteiger partial charge >= 0.3 is 0 Å². The molecule has 0 aromatic heterocycles. The number of hydrogen-bond donors (Lipinski definition) is 2. The zero-order chi connectivity index (χ0) is 19.0. The van der Waals surface area contributed by atoms with Gasteiger partial charge in [-0.2, -0.15) is 0 Å². The van der Waals surface area contributed by atoms with Gasteiger partial charge in [0, 0.05) is 26.7 Å². The monoisotopic (exact) mass is 508 g/mol. The maximum Gasteiger partial charge on any atom is 0.213 e. The maximum atomic E-state index is 12.1. The van der Waals surface area contributed by atoms with Crippen molar-refractivity contribution in [1.29, 1.82) is 0 Å². The Hall–Kier alpha value is -0.870. The van der Waals surface area contributed by atoms with Crippen molar-refractivity contribution in [3.05, 3.63) is 35.4 Å². The summed E-state index contributed by atoms with van der Waals surface area (Å²) in [6, 6.07) is 8.25. The fraction of sp³-hybridized carbons (Fsp3) is 0.632. The Morgan fingerprint density at radius 3 is 2.59 bits per heavy atom. The highest BCUT2D eigenvalue weighted by molar-refractivity contribution is 14.0. The molecular weight excluding hydrogens is 475 g/mol. The van der Waals surface area contributed by atoms with Gasteiger partial charge in [-0.05, 0) is 43.7 Å². The molecule has 0 atom stereocenters. The first kappa shape index (κ1) is 24.2. The van der Waals surface area contributed by atoms with Crippen molar-refractivity contribution in [2.75, 3.05) is 32.4 Å². The average Bonchev–Trinajstić information content (AvgIpc) is 2.54. The topological polar surface area (TPSA) is 73.8 Å². The Bertz CT molecular complexity index is 705. The Balaban J connectivity index is 0.00000364. The lowest BCUT2D eigenvalue weighted by atomic mass is 9.86. The SMILES string of the molecule is CCNC(=NCCS(=O)(=O)NCC1CCC1)N(C)Cc1ccccc1C.I. The number of hydrogen-bond acceptors (Lipinski definition) is 3. The van der Waals surface area contributed by atoms with Crippen LogP contribution in [-0.2, 0) is 16.6 Å². The minimum Gasteiger partial charge on any atom is -0.357 e. The summed E-state index contributed by atoms with van der Waals surface area (Å²) in [4.78, 5) is 6.53. The highest BCUT2D eigenvalue weighted by Crippen LogP contribution is 2.25. The molecule has 0 aliphatic heterocycles. The van der Waals surface area contributed by atoms with Crippen LogP contribution in [0.1, 0.15) is 37.3 Å². The third-order valence-corrected chi connectivity index (χ3v) is 6.13. The van der Waals surface area contributed by atoms with E-state index in [2.05, 4.69) is 34.1 Å². The van der Waals surface area contributed by atoms with Crippen LogP contribution in [0.15, 0.2) is 29.3 Å². The minimum atomic E-state index is -3.26. The number of aryl methyl sites for hydroxylation is 1. The predicted octanol–water partition coefficient (Wildman–Crippen LogP) is 2.73. The first-order chi connectivity index (χ1) is 12.4. The molecule has 27 heavy (non-hydrogen) atoms. The van der Waals surface area contributed by atoms with Crippen molar-refractivity contribution < 1.29 is 8.42 Å². The van der Waals surface area contributed by atoms with E-state index in [1.807, 2.05) is 31.0 Å². The van der Waals surface area contributed by atoms with E-state index in [1.165, 1.54) is 17.5 Å². The van der Waals surface area contributed by atoms with Crippen LogP contribution in [0.5, 0.6) is 0 Å². The Morgan fingerprint density at radius 1 is 1.30 bits per heavy atom. The van der Waals surface area contributed by atoms with Gasteiger partial charge in [-0.1, -0.05) is 30.7 Å². The molecule has 1 fully saturated rings. The van der Waals surface area contributed by atoms with E-state index in [0.29, 0.717) is 12.5 Å².